The van der Waals surface area contributed by atoms with Crippen molar-refractivity contribution in [1.29, 1.82) is 0 Å². The van der Waals surface area contributed by atoms with E-state index in [9.17, 15) is 24.0 Å². The summed E-state index contributed by atoms with van der Waals surface area (Å²) in [7, 11) is 0. The number of anilines is 1. The number of carbonyl (C=O) groups is 5. The second-order valence-electron chi connectivity index (χ2n) is 16.1. The summed E-state index contributed by atoms with van der Waals surface area (Å²) < 4.78 is 7.92. The number of hydrogen-bond donors (Lipinski definition) is 3. The molecule has 5 aromatic rings. The number of rotatable bonds is 12. The molecule has 4 N–H and O–H groups in total. The van der Waals surface area contributed by atoms with Crippen molar-refractivity contribution in [1.82, 2.24) is 24.9 Å². The second kappa shape index (κ2) is 17.3. The standard InChI is InChI=1S/C47H47N7O6S/c48-44(57)42-43(32-13-15-34(16-14-32)60-33-5-2-1-3-6-33)51-54-37(19-23-49-45(42)54)31-20-24-52(25-21-31)41(56)27-30-11-9-29(10-12-30)22-26-61-39-8-4-7-35-36(39)28-53(47(35)59)38-17-18-40(55)50-46(38)58/h1-16,31,37-38,49H,17-28H2,(H2,48,57)(H,50,55,58). The van der Waals surface area contributed by atoms with Gasteiger partial charge >= 0.3 is 0 Å². The maximum Gasteiger partial charge on any atom is 0.255 e. The van der Waals surface area contributed by atoms with Crippen LogP contribution in [-0.2, 0) is 33.8 Å². The fraction of sp³-hybridized carbons (Fsp3) is 0.319. The molecule has 0 saturated carbocycles. The van der Waals surface area contributed by atoms with E-state index < -0.39 is 17.9 Å². The SMILES string of the molecule is NC(=O)c1c(-c2ccc(Oc3ccccc3)cc2)nn2c1NCCC2C1CCN(C(=O)Cc2ccc(CCSc3cccc4c3CN(C3CCC(=O)NC3=O)C4=O)cc2)CC1. The molecule has 2 saturated heterocycles. The number of likely N-dealkylation sites (tertiary alicyclic amines) is 1. The lowest BCUT2D eigenvalue weighted by Crippen LogP contribution is -2.52. The Bertz CT molecular complexity index is 2480. The van der Waals surface area contributed by atoms with Crippen LogP contribution in [0.2, 0.25) is 0 Å². The molecule has 0 bridgehead atoms. The molecular formula is C47H47N7O6S. The van der Waals surface area contributed by atoms with Crippen molar-refractivity contribution in [3.05, 3.63) is 125 Å². The number of nitrogens with one attached hydrogen (secondary N) is 2. The lowest BCUT2D eigenvalue weighted by atomic mass is 9.86. The van der Waals surface area contributed by atoms with E-state index in [-0.39, 0.29) is 30.2 Å². The van der Waals surface area contributed by atoms with Crippen molar-refractivity contribution in [3.63, 3.8) is 0 Å². The number of para-hydroxylation sites is 1. The van der Waals surface area contributed by atoms with Crippen molar-refractivity contribution >= 4 is 47.1 Å². The molecule has 61 heavy (non-hydrogen) atoms. The molecule has 14 heteroatoms. The highest BCUT2D eigenvalue weighted by Gasteiger charge is 2.40. The number of aromatic nitrogens is 2. The van der Waals surface area contributed by atoms with Gasteiger partial charge in [-0.1, -0.05) is 48.5 Å². The highest BCUT2D eigenvalue weighted by molar-refractivity contribution is 7.99. The minimum Gasteiger partial charge on any atom is -0.457 e. The minimum absolute atomic E-state index is 0.0737. The van der Waals surface area contributed by atoms with Gasteiger partial charge in [0.15, 0.2) is 0 Å². The van der Waals surface area contributed by atoms with E-state index >= 15 is 0 Å². The lowest BCUT2D eigenvalue weighted by Gasteiger charge is -2.38. The largest absolute Gasteiger partial charge is 0.457 e. The fourth-order valence-corrected chi connectivity index (χ4v) is 10.2. The van der Waals surface area contributed by atoms with Gasteiger partial charge in [-0.2, -0.15) is 5.10 Å². The number of imide groups is 1. The van der Waals surface area contributed by atoms with Crippen LogP contribution in [0, 0.1) is 5.92 Å². The Morgan fingerprint density at radius 3 is 2.31 bits per heavy atom. The Hall–Kier alpha value is -6.41. The number of benzene rings is 4. The van der Waals surface area contributed by atoms with Crippen molar-refractivity contribution in [2.75, 3.05) is 30.7 Å². The van der Waals surface area contributed by atoms with Gasteiger partial charge in [0.2, 0.25) is 17.7 Å². The van der Waals surface area contributed by atoms with Gasteiger partial charge in [0.05, 0.1) is 12.5 Å². The molecule has 4 aromatic carbocycles. The molecule has 4 aliphatic heterocycles. The van der Waals surface area contributed by atoms with Gasteiger partial charge in [0.1, 0.15) is 34.6 Å². The molecule has 9 rings (SSSR count). The zero-order valence-electron chi connectivity index (χ0n) is 33.7. The molecule has 5 amide bonds. The first-order valence-electron chi connectivity index (χ1n) is 20.9. The van der Waals surface area contributed by atoms with Gasteiger partial charge in [0, 0.05) is 54.4 Å². The van der Waals surface area contributed by atoms with Crippen LogP contribution >= 0.6 is 11.8 Å². The number of fused-ring (bicyclic) bond motifs is 2. The summed E-state index contributed by atoms with van der Waals surface area (Å²) in [5, 5.41) is 10.8. The zero-order valence-corrected chi connectivity index (χ0v) is 34.5. The van der Waals surface area contributed by atoms with Gasteiger partial charge in [-0.3, -0.25) is 29.3 Å². The van der Waals surface area contributed by atoms with Crippen molar-refractivity contribution in [2.24, 2.45) is 11.7 Å². The third kappa shape index (κ3) is 8.36. The van der Waals surface area contributed by atoms with Crippen LogP contribution in [-0.4, -0.2) is 80.5 Å². The number of ether oxygens (including phenoxy) is 1. The summed E-state index contributed by atoms with van der Waals surface area (Å²) >= 11 is 1.69. The highest BCUT2D eigenvalue weighted by Crippen LogP contribution is 2.41. The Morgan fingerprint density at radius 1 is 0.836 bits per heavy atom. The molecule has 0 aliphatic carbocycles. The van der Waals surface area contributed by atoms with E-state index in [4.69, 9.17) is 15.6 Å². The van der Waals surface area contributed by atoms with Gasteiger partial charge in [0.25, 0.3) is 11.8 Å². The number of aryl methyl sites for hydroxylation is 1. The molecule has 2 fully saturated rings. The number of carbonyl (C=O) groups excluding carboxylic acids is 5. The predicted octanol–water partition coefficient (Wildman–Crippen LogP) is 6.38. The van der Waals surface area contributed by atoms with Crippen LogP contribution in [0.25, 0.3) is 11.3 Å². The van der Waals surface area contributed by atoms with E-state index in [0.29, 0.717) is 73.3 Å². The quantitative estimate of drug-likeness (QED) is 0.0955. The summed E-state index contributed by atoms with van der Waals surface area (Å²) in [6, 6.07) is 30.5. The van der Waals surface area contributed by atoms with Crippen LogP contribution in [0.4, 0.5) is 5.82 Å². The number of amides is 5. The van der Waals surface area contributed by atoms with Crippen LogP contribution in [0.5, 0.6) is 11.5 Å². The van der Waals surface area contributed by atoms with Crippen molar-refractivity contribution in [3.8, 4) is 22.8 Å². The van der Waals surface area contributed by atoms with E-state index in [1.54, 1.807) is 16.7 Å². The first-order valence-corrected chi connectivity index (χ1v) is 21.9. The highest BCUT2D eigenvalue weighted by atomic mass is 32.2. The Balaban J connectivity index is 0.772. The molecule has 0 radical (unpaired) electrons. The monoisotopic (exact) mass is 837 g/mol. The molecule has 4 aliphatic rings. The second-order valence-corrected chi connectivity index (χ2v) is 17.2. The number of primary amides is 1. The summed E-state index contributed by atoms with van der Waals surface area (Å²) in [6.07, 6.45) is 4.26. The lowest BCUT2D eigenvalue weighted by molar-refractivity contribution is -0.137. The molecule has 1 aromatic heterocycles. The van der Waals surface area contributed by atoms with E-state index in [1.807, 2.05) is 94.5 Å². The Kier molecular flexibility index (Phi) is 11.3. The fourth-order valence-electron chi connectivity index (χ4n) is 9.10. The molecule has 312 valence electrons. The number of nitrogens with zero attached hydrogens (tertiary/aromatic N) is 4. The van der Waals surface area contributed by atoms with Crippen molar-refractivity contribution in [2.45, 2.75) is 68.5 Å². The third-order valence-corrected chi connectivity index (χ3v) is 13.4. The van der Waals surface area contributed by atoms with Crippen molar-refractivity contribution < 1.29 is 28.7 Å². The molecular weight excluding hydrogens is 791 g/mol. The maximum absolute atomic E-state index is 13.5. The summed E-state index contributed by atoms with van der Waals surface area (Å²) in [5.41, 5.74) is 11.4. The van der Waals surface area contributed by atoms with Crippen LogP contribution < -0.4 is 21.1 Å². The van der Waals surface area contributed by atoms with Gasteiger partial charge < -0.3 is 25.6 Å². The van der Waals surface area contributed by atoms with E-state index in [1.165, 1.54) is 0 Å². The zero-order chi connectivity index (χ0) is 42.0. The Labute approximate surface area is 358 Å². The predicted molar refractivity (Wildman–Crippen MR) is 231 cm³/mol. The Morgan fingerprint density at radius 2 is 1.57 bits per heavy atom. The van der Waals surface area contributed by atoms with Gasteiger partial charge in [-0.05, 0) is 103 Å². The normalized spacial score (nSPS) is 18.9. The van der Waals surface area contributed by atoms with E-state index in [2.05, 4.69) is 22.8 Å². The van der Waals surface area contributed by atoms with E-state index in [0.717, 1.165) is 64.3 Å². The number of thioether (sulfide) groups is 1. The first-order chi connectivity index (χ1) is 29.7. The average Bonchev–Trinajstić information content (AvgIpc) is 3.83. The van der Waals surface area contributed by atoms with Gasteiger partial charge in [-0.15, -0.1) is 11.8 Å². The molecule has 13 nitrogen and oxygen atoms in total. The maximum atomic E-state index is 13.5. The molecule has 0 spiro atoms. The summed E-state index contributed by atoms with van der Waals surface area (Å²) in [5.74, 6) is 1.87. The molecule has 2 unspecified atom stereocenters. The number of piperidine rings is 2. The third-order valence-electron chi connectivity index (χ3n) is 12.3. The topological polar surface area (TPSA) is 169 Å². The molecule has 2 atom stereocenters. The smallest absolute Gasteiger partial charge is 0.255 e. The number of nitrogens with two attached hydrogens (primary N) is 1. The van der Waals surface area contributed by atoms with Gasteiger partial charge in [-0.25, -0.2) is 4.68 Å². The van der Waals surface area contributed by atoms with Crippen LogP contribution in [0.1, 0.15) is 75.6 Å². The minimum atomic E-state index is -0.635. The first kappa shape index (κ1) is 40.0. The number of hydrogen-bond acceptors (Lipinski definition) is 9. The average molecular weight is 838 g/mol. The summed E-state index contributed by atoms with van der Waals surface area (Å²) in [4.78, 5) is 68.3. The summed E-state index contributed by atoms with van der Waals surface area (Å²) in [6.45, 7) is 2.39. The van der Waals surface area contributed by atoms with Crippen LogP contribution in [0.3, 0.4) is 0 Å². The molecule has 5 heterocycles. The van der Waals surface area contributed by atoms with Crippen LogP contribution in [0.15, 0.2) is 102 Å².